The SMILES string of the molecule is NCc1ccc(C(F)(F)F)nc1Oc1ccc(Cl)cc1. The quantitative estimate of drug-likeness (QED) is 0.932. The lowest BCUT2D eigenvalue weighted by Gasteiger charge is -2.12. The van der Waals surface area contributed by atoms with Gasteiger partial charge in [-0.2, -0.15) is 13.2 Å². The summed E-state index contributed by atoms with van der Waals surface area (Å²) < 4.78 is 43.2. The average molecular weight is 303 g/mol. The molecule has 0 radical (unpaired) electrons. The summed E-state index contributed by atoms with van der Waals surface area (Å²) in [5.74, 6) is 0.167. The van der Waals surface area contributed by atoms with Crippen molar-refractivity contribution in [1.82, 2.24) is 4.98 Å². The summed E-state index contributed by atoms with van der Waals surface area (Å²) in [6, 6.07) is 8.31. The first-order valence-electron chi connectivity index (χ1n) is 5.61. The molecule has 0 saturated carbocycles. The minimum atomic E-state index is -4.54. The number of hydrogen-bond acceptors (Lipinski definition) is 3. The monoisotopic (exact) mass is 302 g/mol. The number of nitrogens with zero attached hydrogens (tertiary/aromatic N) is 1. The van der Waals surface area contributed by atoms with E-state index in [1.807, 2.05) is 0 Å². The van der Waals surface area contributed by atoms with Crippen LogP contribution in [0.4, 0.5) is 13.2 Å². The molecule has 0 amide bonds. The Kier molecular flexibility index (Phi) is 4.15. The van der Waals surface area contributed by atoms with Crippen LogP contribution < -0.4 is 10.5 Å². The van der Waals surface area contributed by atoms with Gasteiger partial charge in [0.2, 0.25) is 5.88 Å². The number of ether oxygens (including phenoxy) is 1. The predicted molar refractivity (Wildman–Crippen MR) is 68.7 cm³/mol. The highest BCUT2D eigenvalue weighted by molar-refractivity contribution is 6.30. The van der Waals surface area contributed by atoms with E-state index in [4.69, 9.17) is 22.1 Å². The molecular formula is C13H10ClF3N2O. The van der Waals surface area contributed by atoms with E-state index in [9.17, 15) is 13.2 Å². The second kappa shape index (κ2) is 5.68. The van der Waals surface area contributed by atoms with Gasteiger partial charge in [-0.05, 0) is 30.3 Å². The maximum atomic E-state index is 12.6. The largest absolute Gasteiger partial charge is 0.439 e. The molecule has 1 aromatic carbocycles. The van der Waals surface area contributed by atoms with E-state index in [2.05, 4.69) is 4.98 Å². The van der Waals surface area contributed by atoms with Crippen molar-refractivity contribution in [1.29, 1.82) is 0 Å². The first kappa shape index (κ1) is 14.6. The van der Waals surface area contributed by atoms with Gasteiger partial charge >= 0.3 is 6.18 Å². The second-order valence-electron chi connectivity index (χ2n) is 3.92. The van der Waals surface area contributed by atoms with Gasteiger partial charge in [-0.15, -0.1) is 0 Å². The molecule has 0 aliphatic carbocycles. The lowest BCUT2D eigenvalue weighted by molar-refractivity contribution is -0.141. The Hall–Kier alpha value is -1.79. The van der Waals surface area contributed by atoms with E-state index < -0.39 is 11.9 Å². The van der Waals surface area contributed by atoms with Gasteiger partial charge in [-0.3, -0.25) is 0 Å². The third-order valence-corrected chi connectivity index (χ3v) is 2.73. The van der Waals surface area contributed by atoms with Crippen molar-refractivity contribution in [3.05, 3.63) is 52.7 Å². The molecule has 0 aliphatic rings. The molecule has 7 heteroatoms. The Balaban J connectivity index is 2.35. The van der Waals surface area contributed by atoms with Crippen molar-refractivity contribution in [3.63, 3.8) is 0 Å². The summed E-state index contributed by atoms with van der Waals surface area (Å²) in [5, 5.41) is 0.494. The molecule has 0 unspecified atom stereocenters. The summed E-state index contributed by atoms with van der Waals surface area (Å²) >= 11 is 5.72. The normalized spacial score (nSPS) is 11.4. The van der Waals surface area contributed by atoms with Crippen LogP contribution in [0.1, 0.15) is 11.3 Å². The van der Waals surface area contributed by atoms with Crippen LogP contribution in [-0.4, -0.2) is 4.98 Å². The maximum absolute atomic E-state index is 12.6. The van der Waals surface area contributed by atoms with Gasteiger partial charge in [0.15, 0.2) is 0 Å². The summed E-state index contributed by atoms with van der Waals surface area (Å²) in [4.78, 5) is 3.47. The number of rotatable bonds is 3. The number of nitrogens with two attached hydrogens (primary N) is 1. The zero-order valence-electron chi connectivity index (χ0n) is 10.1. The molecule has 20 heavy (non-hydrogen) atoms. The molecule has 0 fully saturated rings. The average Bonchev–Trinajstić information content (AvgIpc) is 2.40. The molecule has 1 heterocycles. The van der Waals surface area contributed by atoms with Crippen LogP contribution in [0.3, 0.4) is 0 Å². The van der Waals surface area contributed by atoms with E-state index in [0.717, 1.165) is 6.07 Å². The maximum Gasteiger partial charge on any atom is 0.433 e. The van der Waals surface area contributed by atoms with E-state index in [1.165, 1.54) is 18.2 Å². The molecule has 0 saturated heterocycles. The van der Waals surface area contributed by atoms with Gasteiger partial charge in [0.25, 0.3) is 0 Å². The standard InChI is InChI=1S/C13H10ClF3N2O/c14-9-2-4-10(5-3-9)20-12-8(7-18)1-6-11(19-12)13(15,16)17/h1-6H,7,18H2. The minimum Gasteiger partial charge on any atom is -0.439 e. The number of hydrogen-bond donors (Lipinski definition) is 1. The second-order valence-corrected chi connectivity index (χ2v) is 4.36. The van der Waals surface area contributed by atoms with E-state index in [1.54, 1.807) is 12.1 Å². The number of pyridine rings is 1. The molecule has 1 aromatic heterocycles. The zero-order valence-corrected chi connectivity index (χ0v) is 10.9. The van der Waals surface area contributed by atoms with E-state index in [-0.39, 0.29) is 12.4 Å². The summed E-state index contributed by atoms with van der Waals surface area (Å²) in [7, 11) is 0. The van der Waals surface area contributed by atoms with Crippen molar-refractivity contribution in [3.8, 4) is 11.6 Å². The van der Waals surface area contributed by atoms with Gasteiger partial charge in [-0.1, -0.05) is 17.7 Å². The molecule has 0 atom stereocenters. The predicted octanol–water partition coefficient (Wildman–Crippen LogP) is 4.00. The fraction of sp³-hybridized carbons (Fsp3) is 0.154. The Morgan fingerprint density at radius 3 is 2.30 bits per heavy atom. The highest BCUT2D eigenvalue weighted by Crippen LogP contribution is 2.32. The smallest absolute Gasteiger partial charge is 0.433 e. The molecule has 106 valence electrons. The van der Waals surface area contributed by atoms with Crippen LogP contribution in [0.25, 0.3) is 0 Å². The van der Waals surface area contributed by atoms with Crippen LogP contribution in [-0.2, 0) is 12.7 Å². The van der Waals surface area contributed by atoms with Gasteiger partial charge in [0.1, 0.15) is 11.4 Å². The number of alkyl halides is 3. The molecule has 2 aromatic rings. The Morgan fingerprint density at radius 1 is 1.10 bits per heavy atom. The minimum absolute atomic E-state index is 0.0219. The first-order valence-corrected chi connectivity index (χ1v) is 5.98. The fourth-order valence-corrected chi connectivity index (χ4v) is 1.61. The first-order chi connectivity index (χ1) is 9.40. The van der Waals surface area contributed by atoms with Crippen LogP contribution in [0, 0.1) is 0 Å². The van der Waals surface area contributed by atoms with Crippen LogP contribution in [0.2, 0.25) is 5.02 Å². The van der Waals surface area contributed by atoms with E-state index >= 15 is 0 Å². The molecule has 0 spiro atoms. The third-order valence-electron chi connectivity index (χ3n) is 2.48. The molecule has 2 rings (SSSR count). The molecule has 0 bridgehead atoms. The molecule has 2 N–H and O–H groups in total. The van der Waals surface area contributed by atoms with Gasteiger partial charge < -0.3 is 10.5 Å². The fourth-order valence-electron chi connectivity index (χ4n) is 1.49. The van der Waals surface area contributed by atoms with Crippen molar-refractivity contribution >= 4 is 11.6 Å². The van der Waals surface area contributed by atoms with Crippen LogP contribution in [0.15, 0.2) is 36.4 Å². The third kappa shape index (κ3) is 3.40. The van der Waals surface area contributed by atoms with Crippen molar-refractivity contribution in [2.24, 2.45) is 5.73 Å². The number of halogens is 4. The Bertz CT molecular complexity index is 600. The summed E-state index contributed by atoms with van der Waals surface area (Å²) in [6.07, 6.45) is -4.54. The van der Waals surface area contributed by atoms with Crippen molar-refractivity contribution in [2.45, 2.75) is 12.7 Å². The van der Waals surface area contributed by atoms with Crippen molar-refractivity contribution < 1.29 is 17.9 Å². The summed E-state index contributed by atoms with van der Waals surface area (Å²) in [5.41, 5.74) is 4.82. The molecular weight excluding hydrogens is 293 g/mol. The van der Waals surface area contributed by atoms with Crippen molar-refractivity contribution in [2.75, 3.05) is 0 Å². The number of benzene rings is 1. The molecule has 3 nitrogen and oxygen atoms in total. The topological polar surface area (TPSA) is 48.1 Å². The highest BCUT2D eigenvalue weighted by Gasteiger charge is 2.33. The van der Waals surface area contributed by atoms with Gasteiger partial charge in [0.05, 0.1) is 0 Å². The Labute approximate surface area is 118 Å². The Morgan fingerprint density at radius 2 is 1.75 bits per heavy atom. The number of aromatic nitrogens is 1. The van der Waals surface area contributed by atoms with Gasteiger partial charge in [0, 0.05) is 17.1 Å². The van der Waals surface area contributed by atoms with E-state index in [0.29, 0.717) is 16.3 Å². The van der Waals surface area contributed by atoms with Gasteiger partial charge in [-0.25, -0.2) is 4.98 Å². The highest BCUT2D eigenvalue weighted by atomic mass is 35.5. The van der Waals surface area contributed by atoms with Crippen LogP contribution in [0.5, 0.6) is 11.6 Å². The molecule has 0 aliphatic heterocycles. The summed E-state index contributed by atoms with van der Waals surface area (Å²) in [6.45, 7) is 0.0219. The lowest BCUT2D eigenvalue weighted by Crippen LogP contribution is -2.10. The zero-order chi connectivity index (χ0) is 14.8. The van der Waals surface area contributed by atoms with Crippen LogP contribution >= 0.6 is 11.6 Å². The lowest BCUT2D eigenvalue weighted by atomic mass is 10.2.